The number of aromatic carboxylic acids is 1. The van der Waals surface area contributed by atoms with Crippen LogP contribution in [0, 0.1) is 20.8 Å². The van der Waals surface area contributed by atoms with Crippen LogP contribution in [0.4, 0.5) is 11.4 Å². The smallest absolute Gasteiger partial charge is 0.335 e. The molecule has 0 bridgehead atoms. The molecule has 1 aliphatic heterocycles. The number of carboxylic acids is 1. The second kappa shape index (κ2) is 10.4. The minimum Gasteiger partial charge on any atom is -0.478 e. The zero-order valence-electron chi connectivity index (χ0n) is 22.4. The Balaban J connectivity index is 1.65. The molecule has 1 fully saturated rings. The number of aryl methyl sites for hydroxylation is 2. The predicted octanol–water partition coefficient (Wildman–Crippen LogP) is 5.04. The van der Waals surface area contributed by atoms with Gasteiger partial charge in [-0.05, 0) is 98.7 Å². The topological polar surface area (TPSA) is 117 Å². The van der Waals surface area contributed by atoms with Crippen molar-refractivity contribution in [3.8, 4) is 5.69 Å². The van der Waals surface area contributed by atoms with Crippen LogP contribution < -0.4 is 14.9 Å². The molecule has 3 N–H and O–H groups in total. The summed E-state index contributed by atoms with van der Waals surface area (Å²) in [5.41, 5.74) is 6.71. The third-order valence-corrected chi connectivity index (χ3v) is 7.93. The molecule has 2 aromatic carbocycles. The van der Waals surface area contributed by atoms with Crippen LogP contribution in [-0.2, 0) is 10.0 Å². The number of benzene rings is 2. The summed E-state index contributed by atoms with van der Waals surface area (Å²) in [5, 5.41) is 13.5. The fraction of sp³-hybridized carbons (Fsp3) is 0.207. The highest BCUT2D eigenvalue weighted by atomic mass is 32.2. The van der Waals surface area contributed by atoms with Gasteiger partial charge >= 0.3 is 5.97 Å². The molecule has 4 aromatic rings. The van der Waals surface area contributed by atoms with Gasteiger partial charge in [-0.15, -0.1) is 0 Å². The first kappa shape index (κ1) is 27.4. The van der Waals surface area contributed by atoms with Crippen molar-refractivity contribution < 1.29 is 18.3 Å². The average molecular weight is 576 g/mol. The van der Waals surface area contributed by atoms with E-state index < -0.39 is 16.0 Å². The number of rotatable bonds is 7. The molecule has 11 heteroatoms. The molecule has 0 amide bonds. The molecule has 1 aliphatic rings. The molecule has 40 heavy (non-hydrogen) atoms. The molecule has 0 unspecified atom stereocenters. The van der Waals surface area contributed by atoms with Gasteiger partial charge in [0.2, 0.25) is 10.0 Å². The Kier molecular flexibility index (Phi) is 7.11. The fourth-order valence-corrected chi connectivity index (χ4v) is 6.30. The third kappa shape index (κ3) is 5.17. The van der Waals surface area contributed by atoms with Gasteiger partial charge in [0.1, 0.15) is 0 Å². The van der Waals surface area contributed by atoms with E-state index in [0.717, 1.165) is 45.8 Å². The Morgan fingerprint density at radius 3 is 2.45 bits per heavy atom. The largest absolute Gasteiger partial charge is 0.478 e. The van der Waals surface area contributed by atoms with Gasteiger partial charge in [-0.25, -0.2) is 13.2 Å². The van der Waals surface area contributed by atoms with Crippen molar-refractivity contribution in [3.63, 3.8) is 0 Å². The van der Waals surface area contributed by atoms with Crippen molar-refractivity contribution in [3.05, 3.63) is 107 Å². The lowest BCUT2D eigenvalue weighted by molar-refractivity contribution is 0.0697. The van der Waals surface area contributed by atoms with Crippen molar-refractivity contribution in [2.24, 2.45) is 0 Å². The molecular formula is C29H29N5O4S2. The van der Waals surface area contributed by atoms with E-state index in [9.17, 15) is 18.3 Å². The lowest BCUT2D eigenvalue weighted by Gasteiger charge is -2.29. The normalized spacial score (nSPS) is 17.1. The Morgan fingerprint density at radius 2 is 1.80 bits per heavy atom. The number of thiocarbonyl (C=S) groups is 1. The molecule has 9 nitrogen and oxygen atoms in total. The molecule has 206 valence electrons. The van der Waals surface area contributed by atoms with Crippen molar-refractivity contribution in [2.75, 3.05) is 15.9 Å². The Labute approximate surface area is 238 Å². The maximum atomic E-state index is 11.8. The molecular weight excluding hydrogens is 546 g/mol. The van der Waals surface area contributed by atoms with E-state index in [1.165, 1.54) is 0 Å². The van der Waals surface area contributed by atoms with Crippen LogP contribution >= 0.6 is 12.2 Å². The highest BCUT2D eigenvalue weighted by molar-refractivity contribution is 7.92. The first-order valence-corrected chi connectivity index (χ1v) is 14.9. The van der Waals surface area contributed by atoms with E-state index in [1.807, 2.05) is 66.6 Å². The second-order valence-corrected chi connectivity index (χ2v) is 12.0. The van der Waals surface area contributed by atoms with E-state index >= 15 is 0 Å². The van der Waals surface area contributed by atoms with Gasteiger partial charge < -0.3 is 19.9 Å². The Hall–Kier alpha value is -4.22. The number of aromatic nitrogens is 2. The second-order valence-electron chi connectivity index (χ2n) is 9.89. The van der Waals surface area contributed by atoms with Crippen molar-refractivity contribution in [1.82, 2.24) is 14.9 Å². The van der Waals surface area contributed by atoms with E-state index in [2.05, 4.69) is 21.1 Å². The first-order valence-electron chi connectivity index (χ1n) is 12.6. The fourth-order valence-electron chi connectivity index (χ4n) is 5.32. The number of carbonyl (C=O) groups is 1. The molecule has 0 spiro atoms. The van der Waals surface area contributed by atoms with E-state index in [-0.39, 0.29) is 17.6 Å². The predicted molar refractivity (Wildman–Crippen MR) is 160 cm³/mol. The maximum Gasteiger partial charge on any atom is 0.335 e. The zero-order valence-corrected chi connectivity index (χ0v) is 24.0. The summed E-state index contributed by atoms with van der Waals surface area (Å²) in [7, 11) is -3.43. The minimum atomic E-state index is -3.43. The van der Waals surface area contributed by atoms with Crippen LogP contribution in [0.25, 0.3) is 5.69 Å². The number of hydrogen-bond donors (Lipinski definition) is 3. The summed E-state index contributed by atoms with van der Waals surface area (Å²) < 4.78 is 28.3. The van der Waals surface area contributed by atoms with Crippen LogP contribution in [0.3, 0.4) is 0 Å². The van der Waals surface area contributed by atoms with Crippen LogP contribution in [0.1, 0.15) is 50.7 Å². The van der Waals surface area contributed by atoms with Gasteiger partial charge in [0.15, 0.2) is 5.11 Å². The Morgan fingerprint density at radius 1 is 1.02 bits per heavy atom. The van der Waals surface area contributed by atoms with Gasteiger partial charge in [0, 0.05) is 29.0 Å². The number of sulfonamides is 1. The van der Waals surface area contributed by atoms with Crippen LogP contribution in [0.15, 0.2) is 72.9 Å². The molecule has 3 heterocycles. The molecule has 0 saturated carbocycles. The number of anilines is 2. The molecule has 2 aromatic heterocycles. The van der Waals surface area contributed by atoms with Crippen LogP contribution in [0.2, 0.25) is 0 Å². The molecule has 0 radical (unpaired) electrons. The number of hydrogen-bond acceptors (Lipinski definition) is 5. The van der Waals surface area contributed by atoms with Gasteiger partial charge in [0.25, 0.3) is 0 Å². The number of pyridine rings is 1. The minimum absolute atomic E-state index is 0.210. The summed E-state index contributed by atoms with van der Waals surface area (Å²) in [6.07, 6.45) is 2.87. The monoisotopic (exact) mass is 575 g/mol. The summed E-state index contributed by atoms with van der Waals surface area (Å²) in [5.74, 6) is -0.986. The third-order valence-electron chi connectivity index (χ3n) is 7.02. The summed E-state index contributed by atoms with van der Waals surface area (Å²) in [4.78, 5) is 18.3. The van der Waals surface area contributed by atoms with Gasteiger partial charge in [-0.1, -0.05) is 12.1 Å². The Bertz CT molecular complexity index is 1730. The van der Waals surface area contributed by atoms with Crippen molar-refractivity contribution >= 4 is 44.7 Å². The molecule has 0 aliphatic carbocycles. The summed E-state index contributed by atoms with van der Waals surface area (Å²) >= 11 is 5.87. The highest BCUT2D eigenvalue weighted by Crippen LogP contribution is 2.44. The van der Waals surface area contributed by atoms with Gasteiger partial charge in [-0.2, -0.15) is 0 Å². The first-order chi connectivity index (χ1) is 18.9. The van der Waals surface area contributed by atoms with Gasteiger partial charge in [0.05, 0.1) is 35.3 Å². The molecule has 1 saturated heterocycles. The van der Waals surface area contributed by atoms with Crippen LogP contribution in [0.5, 0.6) is 0 Å². The van der Waals surface area contributed by atoms with E-state index in [0.29, 0.717) is 10.8 Å². The van der Waals surface area contributed by atoms with E-state index in [1.54, 1.807) is 30.5 Å². The maximum absolute atomic E-state index is 11.8. The SMILES string of the molecule is Cc1cc(N2C(=S)N[C@H](c3ccccn3)[C@H]2c2cc(C)n(-c3cccc(C(=O)O)c3)c2C)ccc1NS(C)(=O)=O. The van der Waals surface area contributed by atoms with Crippen molar-refractivity contribution in [2.45, 2.75) is 32.9 Å². The number of carboxylic acid groups (broad SMARTS) is 1. The lowest BCUT2D eigenvalue weighted by atomic mass is 9.96. The highest BCUT2D eigenvalue weighted by Gasteiger charge is 2.42. The van der Waals surface area contributed by atoms with Crippen LogP contribution in [-0.4, -0.2) is 40.4 Å². The summed E-state index contributed by atoms with van der Waals surface area (Å²) in [6.45, 7) is 5.84. The zero-order chi connectivity index (χ0) is 28.8. The standard InChI is InChI=1S/C29H29N5O4S2/c1-17-14-22(11-12-24(17)32-40(4,37)38)34-27(26(31-29(34)39)25-10-5-6-13-30-25)23-15-18(2)33(19(23)3)21-9-7-8-20(16-21)28(35)36/h5-16,26-27,32H,1-4H3,(H,31,39)(H,35,36)/t26-,27-/m1/s1. The van der Waals surface area contributed by atoms with Crippen molar-refractivity contribution in [1.29, 1.82) is 0 Å². The average Bonchev–Trinajstić information content (AvgIpc) is 3.40. The number of nitrogens with one attached hydrogen (secondary N) is 2. The molecule has 2 atom stereocenters. The quantitative estimate of drug-likeness (QED) is 0.262. The number of nitrogens with zero attached hydrogens (tertiary/aromatic N) is 3. The molecule has 5 rings (SSSR count). The van der Waals surface area contributed by atoms with Gasteiger partial charge in [-0.3, -0.25) is 9.71 Å². The summed E-state index contributed by atoms with van der Waals surface area (Å²) in [6, 6.07) is 19.6. The van der Waals surface area contributed by atoms with E-state index in [4.69, 9.17) is 12.2 Å². The lowest BCUT2D eigenvalue weighted by Crippen LogP contribution is -2.29.